The molecule has 0 N–H and O–H groups in total. The fraction of sp³-hybridized carbons (Fsp3) is 0.250. The Morgan fingerprint density at radius 1 is 1.43 bits per heavy atom. The molecule has 0 aliphatic rings. The van der Waals surface area contributed by atoms with Crippen LogP contribution in [0.5, 0.6) is 0 Å². The van der Waals surface area contributed by atoms with E-state index in [0.717, 1.165) is 5.33 Å². The maximum Gasteiger partial charge on any atom is 0 e. The van der Waals surface area contributed by atoms with Crippen LogP contribution in [0.4, 0.5) is 0 Å². The molecule has 0 aliphatic carbocycles. The molecule has 0 bridgehead atoms. The number of rotatable bonds is 1. The van der Waals surface area contributed by atoms with Crippen molar-refractivity contribution < 1.29 is 33.6 Å². The van der Waals surface area contributed by atoms with Crippen LogP contribution in [0.1, 0.15) is 0 Å². The molecular weight excluding hydrogens is 246 g/mol. The molecule has 2 radical (unpaired) electrons. The Bertz CT molecular complexity index is 23.7. The molecule has 0 saturated heterocycles. The Morgan fingerprint density at radius 2 is 1.57 bits per heavy atom. The minimum atomic E-state index is 0. The molecule has 0 aliphatic heterocycles. The molecule has 50 valence electrons. The van der Waals surface area contributed by atoms with Crippen LogP contribution >= 0.6 is 15.9 Å². The Hall–Kier alpha value is 1.23. The smallest absolute Gasteiger partial charge is 0 e. The third-order valence-electron chi connectivity index (χ3n) is 0.0945. The number of allylic oxidation sites excluding steroid dienone is 1. The summed E-state index contributed by atoms with van der Waals surface area (Å²) in [6, 6.07) is 0. The zero-order valence-corrected chi connectivity index (χ0v) is 7.63. The SMILES string of the molecule is C=[C-]CBr.[CH3-].[Co].[Co]. The molecule has 0 unspecified atom stereocenters. The second-order valence-electron chi connectivity index (χ2n) is 0.384. The van der Waals surface area contributed by atoms with Gasteiger partial charge in [-0.25, -0.2) is 0 Å². The summed E-state index contributed by atoms with van der Waals surface area (Å²) in [6.07, 6.45) is 2.60. The zero-order chi connectivity index (χ0) is 3.41. The Labute approximate surface area is 74.7 Å². The molecule has 0 rings (SSSR count). The van der Waals surface area contributed by atoms with Gasteiger partial charge >= 0.3 is 0 Å². The van der Waals surface area contributed by atoms with Gasteiger partial charge in [0.2, 0.25) is 0 Å². The van der Waals surface area contributed by atoms with E-state index in [1.165, 1.54) is 0 Å². The van der Waals surface area contributed by atoms with Gasteiger partial charge in [-0.1, -0.05) is 0 Å². The van der Waals surface area contributed by atoms with Crippen LogP contribution in [-0.2, 0) is 33.6 Å². The van der Waals surface area contributed by atoms with E-state index in [2.05, 4.69) is 28.6 Å². The number of alkyl halides is 1. The predicted molar refractivity (Wildman–Crippen MR) is 29.1 cm³/mol. The van der Waals surface area contributed by atoms with Gasteiger partial charge in [0.25, 0.3) is 0 Å². The van der Waals surface area contributed by atoms with E-state index in [1.807, 2.05) is 0 Å². The van der Waals surface area contributed by atoms with Crippen molar-refractivity contribution in [2.45, 2.75) is 0 Å². The standard InChI is InChI=1S/C3H4Br.CH3.2Co/c1-2-3-4;;;/h1,3H2;1H3;;/q2*-1;;. The van der Waals surface area contributed by atoms with Crippen molar-refractivity contribution in [2.24, 2.45) is 0 Å². The van der Waals surface area contributed by atoms with Crippen LogP contribution in [0.25, 0.3) is 0 Å². The molecule has 0 amide bonds. The molecule has 7 heavy (non-hydrogen) atoms. The molecule has 0 fully saturated rings. The largest absolute Gasteiger partial charge is 0.493 e. The van der Waals surface area contributed by atoms with Gasteiger partial charge in [0, 0.05) is 33.6 Å². The first-order chi connectivity index (χ1) is 1.91. The van der Waals surface area contributed by atoms with E-state index < -0.39 is 0 Å². The summed E-state index contributed by atoms with van der Waals surface area (Å²) >= 11 is 3.07. The van der Waals surface area contributed by atoms with E-state index in [4.69, 9.17) is 0 Å². The topological polar surface area (TPSA) is 0 Å². The molecule has 3 heteroatoms. The zero-order valence-electron chi connectivity index (χ0n) is 3.96. The van der Waals surface area contributed by atoms with Gasteiger partial charge in [-0.05, 0) is 0 Å². The Morgan fingerprint density at radius 3 is 1.57 bits per heavy atom. The Kier molecular flexibility index (Phi) is 92.3. The molecule has 0 aromatic heterocycles. The maximum absolute atomic E-state index is 3.31. The molecular formula is C4H7BrCo2-2. The fourth-order valence-corrected chi connectivity index (χ4v) is 0. The molecule has 0 atom stereocenters. The quantitative estimate of drug-likeness (QED) is 0.493. The van der Waals surface area contributed by atoms with Crippen LogP contribution < -0.4 is 0 Å². The monoisotopic (exact) mass is 252 g/mol. The summed E-state index contributed by atoms with van der Waals surface area (Å²) in [7, 11) is 0. The van der Waals surface area contributed by atoms with Gasteiger partial charge in [0.1, 0.15) is 0 Å². The van der Waals surface area contributed by atoms with Crippen molar-refractivity contribution >= 4 is 15.9 Å². The van der Waals surface area contributed by atoms with Crippen LogP contribution in [-0.4, -0.2) is 5.33 Å². The van der Waals surface area contributed by atoms with E-state index in [9.17, 15) is 0 Å². The molecule has 0 saturated carbocycles. The minimum Gasteiger partial charge on any atom is -0.493 e. The molecule has 0 aromatic carbocycles. The van der Waals surface area contributed by atoms with E-state index in [0.29, 0.717) is 0 Å². The summed E-state index contributed by atoms with van der Waals surface area (Å²) in [5.41, 5.74) is 0. The average Bonchev–Trinajstić information content (AvgIpc) is 1.37. The van der Waals surface area contributed by atoms with Gasteiger partial charge in [0.15, 0.2) is 0 Å². The van der Waals surface area contributed by atoms with Crippen molar-refractivity contribution in [2.75, 3.05) is 5.33 Å². The van der Waals surface area contributed by atoms with Gasteiger partial charge in [-0.15, -0.1) is 21.3 Å². The van der Waals surface area contributed by atoms with Crippen molar-refractivity contribution in [3.05, 3.63) is 20.1 Å². The summed E-state index contributed by atoms with van der Waals surface area (Å²) < 4.78 is 0. The number of halogens is 1. The van der Waals surface area contributed by atoms with E-state index in [1.54, 1.807) is 0 Å². The molecule has 0 nitrogen and oxygen atoms in total. The van der Waals surface area contributed by atoms with Crippen molar-refractivity contribution in [1.82, 2.24) is 0 Å². The molecule has 0 aromatic rings. The average molecular weight is 253 g/mol. The van der Waals surface area contributed by atoms with E-state index >= 15 is 0 Å². The minimum absolute atomic E-state index is 0. The van der Waals surface area contributed by atoms with Crippen LogP contribution in [0.15, 0.2) is 6.58 Å². The molecule has 0 heterocycles. The van der Waals surface area contributed by atoms with Gasteiger partial charge in [-0.2, -0.15) is 0 Å². The van der Waals surface area contributed by atoms with Crippen LogP contribution in [0, 0.1) is 13.5 Å². The second kappa shape index (κ2) is 26.9. The summed E-state index contributed by atoms with van der Waals surface area (Å²) in [5, 5.41) is 0.771. The Balaban J connectivity index is -0.0000000150. The summed E-state index contributed by atoms with van der Waals surface area (Å²) in [4.78, 5) is 0. The molecule has 0 spiro atoms. The van der Waals surface area contributed by atoms with Gasteiger partial charge < -0.3 is 13.5 Å². The number of hydrogen-bond donors (Lipinski definition) is 0. The van der Waals surface area contributed by atoms with Crippen molar-refractivity contribution in [3.63, 3.8) is 0 Å². The maximum atomic E-state index is 3.31. The first-order valence-electron chi connectivity index (χ1n) is 0.974. The third kappa shape index (κ3) is 39.7. The van der Waals surface area contributed by atoms with Crippen molar-refractivity contribution in [1.29, 1.82) is 0 Å². The normalized spacial score (nSPS) is 3.57. The van der Waals surface area contributed by atoms with Gasteiger partial charge in [-0.3, -0.25) is 6.58 Å². The third-order valence-corrected chi connectivity index (χ3v) is 0.491. The fourth-order valence-electron chi connectivity index (χ4n) is 0. The van der Waals surface area contributed by atoms with E-state index in [-0.39, 0.29) is 41.0 Å². The van der Waals surface area contributed by atoms with Gasteiger partial charge in [0.05, 0.1) is 0 Å². The summed E-state index contributed by atoms with van der Waals surface area (Å²) in [5.74, 6) is 0. The predicted octanol–water partition coefficient (Wildman–Crippen LogP) is 1.82. The first-order valence-corrected chi connectivity index (χ1v) is 2.10. The summed E-state index contributed by atoms with van der Waals surface area (Å²) in [6.45, 7) is 3.31. The number of hydrogen-bond acceptors (Lipinski definition) is 0. The first kappa shape index (κ1) is 24.0. The second-order valence-corrected chi connectivity index (χ2v) is 0.944. The van der Waals surface area contributed by atoms with Crippen molar-refractivity contribution in [3.8, 4) is 0 Å². The van der Waals surface area contributed by atoms with Crippen LogP contribution in [0.3, 0.4) is 0 Å². The van der Waals surface area contributed by atoms with Crippen LogP contribution in [0.2, 0.25) is 0 Å².